The van der Waals surface area contributed by atoms with Gasteiger partial charge in [-0.1, -0.05) is 12.1 Å². The Morgan fingerprint density at radius 1 is 1.39 bits per heavy atom. The van der Waals surface area contributed by atoms with Gasteiger partial charge in [0.25, 0.3) is 0 Å². The fourth-order valence-electron chi connectivity index (χ4n) is 1.49. The van der Waals surface area contributed by atoms with Gasteiger partial charge in [-0.15, -0.1) is 0 Å². The number of carboxylic acids is 1. The zero-order valence-electron chi connectivity index (χ0n) is 10.7. The maximum atomic E-state index is 11.5. The number of likely N-dealkylation sites (N-methyl/N-ethyl adjacent to an activating group) is 1. The Bertz CT molecular complexity index is 452. The second-order valence-electron chi connectivity index (χ2n) is 4.37. The van der Waals surface area contributed by atoms with Gasteiger partial charge in [0, 0.05) is 13.3 Å². The van der Waals surface area contributed by atoms with Crippen LogP contribution in [0.5, 0.6) is 5.75 Å². The van der Waals surface area contributed by atoms with Crippen LogP contribution in [0.25, 0.3) is 0 Å². The van der Waals surface area contributed by atoms with E-state index >= 15 is 0 Å². The second kappa shape index (κ2) is 6.03. The van der Waals surface area contributed by atoms with Crippen molar-refractivity contribution in [2.75, 3.05) is 20.4 Å². The zero-order valence-corrected chi connectivity index (χ0v) is 11.6. The van der Waals surface area contributed by atoms with Crippen LogP contribution in [0.4, 0.5) is 0 Å². The van der Waals surface area contributed by atoms with E-state index in [0.29, 0.717) is 12.2 Å². The minimum Gasteiger partial charge on any atom is -0.480 e. The maximum absolute atomic E-state index is 11.5. The largest absolute Gasteiger partial charge is 0.480 e. The van der Waals surface area contributed by atoms with Crippen molar-refractivity contribution in [3.8, 4) is 5.75 Å². The first-order valence-electron chi connectivity index (χ1n) is 5.55. The summed E-state index contributed by atoms with van der Waals surface area (Å²) in [4.78, 5) is 10.9. The standard InChI is InChI=1S/C12H18NO4P/c1-13-11(12(14)15)8-9-4-6-10(7-5-9)17-18(2,3)16/h4-7,11,13H,8H2,1-3H3,(H,14,15). The third kappa shape index (κ3) is 4.90. The summed E-state index contributed by atoms with van der Waals surface area (Å²) in [6, 6.07) is 6.34. The summed E-state index contributed by atoms with van der Waals surface area (Å²) < 4.78 is 16.7. The highest BCUT2D eigenvalue weighted by Gasteiger charge is 2.15. The van der Waals surface area contributed by atoms with Crippen molar-refractivity contribution in [1.82, 2.24) is 5.32 Å². The molecule has 1 unspecified atom stereocenters. The predicted molar refractivity (Wildman–Crippen MR) is 70.7 cm³/mol. The highest BCUT2D eigenvalue weighted by atomic mass is 31.2. The lowest BCUT2D eigenvalue weighted by molar-refractivity contribution is -0.139. The molecule has 18 heavy (non-hydrogen) atoms. The van der Waals surface area contributed by atoms with E-state index in [1.165, 1.54) is 0 Å². The number of hydrogen-bond acceptors (Lipinski definition) is 4. The molecule has 0 aliphatic rings. The first-order valence-corrected chi connectivity index (χ1v) is 8.07. The molecule has 0 bridgehead atoms. The van der Waals surface area contributed by atoms with Crippen LogP contribution in [0.3, 0.4) is 0 Å². The molecule has 2 N–H and O–H groups in total. The first kappa shape index (κ1) is 14.7. The molecule has 0 amide bonds. The van der Waals surface area contributed by atoms with Gasteiger partial charge in [0.1, 0.15) is 11.8 Å². The molecule has 1 atom stereocenters. The number of benzene rings is 1. The molecule has 0 spiro atoms. The average molecular weight is 271 g/mol. The summed E-state index contributed by atoms with van der Waals surface area (Å²) in [5.41, 5.74) is 0.881. The Labute approximate surface area is 107 Å². The van der Waals surface area contributed by atoms with Crippen molar-refractivity contribution in [1.29, 1.82) is 0 Å². The minimum absolute atomic E-state index is 0.391. The number of rotatable bonds is 6. The lowest BCUT2D eigenvalue weighted by Gasteiger charge is -2.13. The van der Waals surface area contributed by atoms with Crippen molar-refractivity contribution < 1.29 is 19.0 Å². The Balaban J connectivity index is 2.71. The number of hydrogen-bond donors (Lipinski definition) is 2. The third-order valence-electron chi connectivity index (χ3n) is 2.33. The lowest BCUT2D eigenvalue weighted by atomic mass is 10.1. The molecule has 0 radical (unpaired) electrons. The van der Waals surface area contributed by atoms with E-state index in [-0.39, 0.29) is 0 Å². The Kier molecular flexibility index (Phi) is 4.93. The van der Waals surface area contributed by atoms with Crippen molar-refractivity contribution >= 4 is 13.3 Å². The Hall–Kier alpha value is -1.32. The summed E-state index contributed by atoms with van der Waals surface area (Å²) in [6.45, 7) is 3.09. The van der Waals surface area contributed by atoms with Crippen molar-refractivity contribution in [2.24, 2.45) is 0 Å². The minimum atomic E-state index is -2.56. The summed E-state index contributed by atoms with van der Waals surface area (Å²) in [5, 5.41) is 11.6. The smallest absolute Gasteiger partial charge is 0.321 e. The molecule has 0 aliphatic heterocycles. The SMILES string of the molecule is CNC(Cc1ccc(OP(C)(C)=O)cc1)C(=O)O. The molecule has 0 aliphatic carbocycles. The van der Waals surface area contributed by atoms with Crippen LogP contribution in [0.15, 0.2) is 24.3 Å². The fourth-order valence-corrected chi connectivity index (χ4v) is 2.12. The topological polar surface area (TPSA) is 75.6 Å². The quantitative estimate of drug-likeness (QED) is 0.772. The molecule has 0 aromatic heterocycles. The molecular weight excluding hydrogens is 253 g/mol. The molecule has 1 rings (SSSR count). The maximum Gasteiger partial charge on any atom is 0.321 e. The molecule has 5 nitrogen and oxygen atoms in total. The number of nitrogens with one attached hydrogen (secondary N) is 1. The van der Waals surface area contributed by atoms with E-state index < -0.39 is 19.4 Å². The van der Waals surface area contributed by atoms with Crippen molar-refractivity contribution in [3.63, 3.8) is 0 Å². The predicted octanol–water partition coefficient (Wildman–Crippen LogP) is 1.82. The van der Waals surface area contributed by atoms with E-state index in [0.717, 1.165) is 5.56 Å². The molecule has 1 aromatic rings. The van der Waals surface area contributed by atoms with Crippen molar-refractivity contribution in [2.45, 2.75) is 12.5 Å². The molecule has 1 aromatic carbocycles. The van der Waals surface area contributed by atoms with Gasteiger partial charge in [0.05, 0.1) is 0 Å². The van der Waals surface area contributed by atoms with Gasteiger partial charge in [-0.3, -0.25) is 9.36 Å². The lowest BCUT2D eigenvalue weighted by Crippen LogP contribution is -2.35. The number of carboxylic acid groups (broad SMARTS) is 1. The Morgan fingerprint density at radius 2 is 1.94 bits per heavy atom. The molecule has 6 heteroatoms. The van der Waals surface area contributed by atoms with Crippen LogP contribution in [0.1, 0.15) is 5.56 Å². The van der Waals surface area contributed by atoms with Gasteiger partial charge >= 0.3 is 5.97 Å². The third-order valence-corrected chi connectivity index (χ3v) is 2.99. The average Bonchev–Trinajstić information content (AvgIpc) is 2.25. The normalized spacial score (nSPS) is 13.1. The first-order chi connectivity index (χ1) is 8.31. The second-order valence-corrected chi connectivity index (χ2v) is 7.06. The zero-order chi connectivity index (χ0) is 13.8. The van der Waals surface area contributed by atoms with Crippen LogP contribution in [-0.2, 0) is 15.8 Å². The van der Waals surface area contributed by atoms with E-state index in [9.17, 15) is 9.36 Å². The van der Waals surface area contributed by atoms with Crippen LogP contribution in [-0.4, -0.2) is 37.5 Å². The van der Waals surface area contributed by atoms with Crippen LogP contribution >= 0.6 is 7.37 Å². The monoisotopic (exact) mass is 271 g/mol. The molecular formula is C12H18NO4P. The van der Waals surface area contributed by atoms with Crippen LogP contribution in [0, 0.1) is 0 Å². The summed E-state index contributed by atoms with van der Waals surface area (Å²) in [6.07, 6.45) is 0.391. The molecule has 0 heterocycles. The molecule has 0 saturated carbocycles. The molecule has 100 valence electrons. The van der Waals surface area contributed by atoms with Gasteiger partial charge in [-0.2, -0.15) is 0 Å². The molecule has 0 saturated heterocycles. The highest BCUT2D eigenvalue weighted by molar-refractivity contribution is 7.57. The van der Waals surface area contributed by atoms with Crippen LogP contribution in [0.2, 0.25) is 0 Å². The summed E-state index contributed by atoms with van der Waals surface area (Å²) in [5.74, 6) is -0.354. The number of aliphatic carboxylic acids is 1. The van der Waals surface area contributed by atoms with Gasteiger partial charge in [0.15, 0.2) is 0 Å². The Morgan fingerprint density at radius 3 is 2.33 bits per heavy atom. The van der Waals surface area contributed by atoms with E-state index in [4.69, 9.17) is 9.63 Å². The van der Waals surface area contributed by atoms with E-state index in [1.807, 2.05) is 0 Å². The van der Waals surface area contributed by atoms with Gasteiger partial charge in [-0.05, 0) is 31.2 Å². The molecule has 0 fully saturated rings. The van der Waals surface area contributed by atoms with E-state index in [2.05, 4.69) is 5.32 Å². The highest BCUT2D eigenvalue weighted by Crippen LogP contribution is 2.38. The van der Waals surface area contributed by atoms with Gasteiger partial charge in [0.2, 0.25) is 7.37 Å². The van der Waals surface area contributed by atoms with E-state index in [1.54, 1.807) is 44.6 Å². The summed E-state index contributed by atoms with van der Waals surface area (Å²) >= 11 is 0. The van der Waals surface area contributed by atoms with Gasteiger partial charge < -0.3 is 14.9 Å². The van der Waals surface area contributed by atoms with Crippen LogP contribution < -0.4 is 9.84 Å². The van der Waals surface area contributed by atoms with Crippen molar-refractivity contribution in [3.05, 3.63) is 29.8 Å². The number of carbonyl (C=O) groups is 1. The fraction of sp³-hybridized carbons (Fsp3) is 0.417. The summed E-state index contributed by atoms with van der Waals surface area (Å²) in [7, 11) is -0.946. The van der Waals surface area contributed by atoms with Gasteiger partial charge in [-0.25, -0.2) is 0 Å².